The van der Waals surface area contributed by atoms with Gasteiger partial charge in [-0.2, -0.15) is 0 Å². The second-order valence-corrected chi connectivity index (χ2v) is 6.35. The van der Waals surface area contributed by atoms with Gasteiger partial charge >= 0.3 is 0 Å². The number of piperazine rings is 1. The van der Waals surface area contributed by atoms with Crippen LogP contribution in [0.3, 0.4) is 0 Å². The Balaban J connectivity index is 2.29. The van der Waals surface area contributed by atoms with E-state index in [-0.39, 0.29) is 35.4 Å². The molecule has 3 atom stereocenters. The predicted molar refractivity (Wildman–Crippen MR) is 74.6 cm³/mol. The van der Waals surface area contributed by atoms with Gasteiger partial charge in [0, 0.05) is 5.54 Å². The Morgan fingerprint density at radius 2 is 2.00 bits per heavy atom. The van der Waals surface area contributed by atoms with Gasteiger partial charge in [-0.15, -0.1) is 0 Å². The lowest BCUT2D eigenvalue weighted by atomic mass is 9.74. The third-order valence-corrected chi connectivity index (χ3v) is 5.03. The molecule has 1 aliphatic carbocycles. The van der Waals surface area contributed by atoms with Gasteiger partial charge in [0.2, 0.25) is 11.8 Å². The summed E-state index contributed by atoms with van der Waals surface area (Å²) in [5.41, 5.74) is -0.0960. The monoisotopic (exact) mass is 266 g/mol. The van der Waals surface area contributed by atoms with Gasteiger partial charge in [0.1, 0.15) is 12.1 Å². The van der Waals surface area contributed by atoms with Gasteiger partial charge < -0.3 is 10.2 Å². The standard InChI is InChI=1S/C15H26N2O2/c1-5-10(3)12-14(19)17(15(4)8-7-9-15)11(6-2)13(18)16-12/h10-12H,5-9H2,1-4H3,(H,16,18). The molecule has 3 unspecified atom stereocenters. The molecular weight excluding hydrogens is 240 g/mol. The quantitative estimate of drug-likeness (QED) is 0.847. The number of amides is 2. The summed E-state index contributed by atoms with van der Waals surface area (Å²) < 4.78 is 0. The Bertz CT molecular complexity index is 376. The molecule has 1 N–H and O–H groups in total. The van der Waals surface area contributed by atoms with Crippen LogP contribution < -0.4 is 5.32 Å². The average molecular weight is 266 g/mol. The lowest BCUT2D eigenvalue weighted by Crippen LogP contribution is -2.71. The Labute approximate surface area is 115 Å². The van der Waals surface area contributed by atoms with E-state index in [1.54, 1.807) is 0 Å². The molecule has 4 heteroatoms. The van der Waals surface area contributed by atoms with Crippen LogP contribution in [0.25, 0.3) is 0 Å². The summed E-state index contributed by atoms with van der Waals surface area (Å²) >= 11 is 0. The number of hydrogen-bond donors (Lipinski definition) is 1. The van der Waals surface area contributed by atoms with Crippen LogP contribution in [0.1, 0.15) is 59.8 Å². The predicted octanol–water partition coefficient (Wildman–Crippen LogP) is 2.08. The molecule has 1 aliphatic heterocycles. The number of carbonyl (C=O) groups is 2. The maximum Gasteiger partial charge on any atom is 0.246 e. The van der Waals surface area contributed by atoms with Crippen molar-refractivity contribution in [3.63, 3.8) is 0 Å². The summed E-state index contributed by atoms with van der Waals surface area (Å²) in [6, 6.07) is -0.615. The minimum absolute atomic E-state index is 0.0283. The summed E-state index contributed by atoms with van der Waals surface area (Å²) in [7, 11) is 0. The molecule has 19 heavy (non-hydrogen) atoms. The fourth-order valence-electron chi connectivity index (χ4n) is 3.29. The van der Waals surface area contributed by atoms with E-state index in [1.165, 1.54) is 0 Å². The van der Waals surface area contributed by atoms with E-state index in [9.17, 15) is 9.59 Å². The molecule has 2 rings (SSSR count). The van der Waals surface area contributed by atoms with Crippen LogP contribution in [0.5, 0.6) is 0 Å². The average Bonchev–Trinajstić information content (AvgIpc) is 2.36. The summed E-state index contributed by atoms with van der Waals surface area (Å²) in [6.45, 7) is 8.21. The Morgan fingerprint density at radius 1 is 1.37 bits per heavy atom. The molecule has 0 aromatic rings. The maximum absolute atomic E-state index is 12.8. The third-order valence-electron chi connectivity index (χ3n) is 5.03. The molecule has 4 nitrogen and oxygen atoms in total. The van der Waals surface area contributed by atoms with Gasteiger partial charge in [-0.05, 0) is 38.5 Å². The molecule has 2 fully saturated rings. The van der Waals surface area contributed by atoms with Gasteiger partial charge in [0.25, 0.3) is 0 Å². The highest BCUT2D eigenvalue weighted by molar-refractivity contribution is 5.97. The zero-order chi connectivity index (χ0) is 14.2. The molecular formula is C15H26N2O2. The van der Waals surface area contributed by atoms with Crippen molar-refractivity contribution < 1.29 is 9.59 Å². The van der Waals surface area contributed by atoms with Crippen molar-refractivity contribution >= 4 is 11.8 Å². The van der Waals surface area contributed by atoms with Crippen molar-refractivity contribution in [2.24, 2.45) is 5.92 Å². The van der Waals surface area contributed by atoms with Crippen LogP contribution in [0.15, 0.2) is 0 Å². The summed E-state index contributed by atoms with van der Waals surface area (Å²) in [6.07, 6.45) is 4.80. The van der Waals surface area contributed by atoms with E-state index in [1.807, 2.05) is 18.7 Å². The molecule has 2 amide bonds. The summed E-state index contributed by atoms with van der Waals surface area (Å²) in [5, 5.41) is 2.94. The minimum atomic E-state index is -0.335. The molecule has 2 aliphatic rings. The first kappa shape index (κ1) is 14.4. The number of nitrogens with zero attached hydrogens (tertiary/aromatic N) is 1. The van der Waals surface area contributed by atoms with Gasteiger partial charge in [0.15, 0.2) is 0 Å². The summed E-state index contributed by atoms with van der Waals surface area (Å²) in [4.78, 5) is 27.0. The van der Waals surface area contributed by atoms with Crippen molar-refractivity contribution in [2.75, 3.05) is 0 Å². The number of rotatable bonds is 4. The number of hydrogen-bond acceptors (Lipinski definition) is 2. The second kappa shape index (κ2) is 5.14. The SMILES string of the molecule is CCC(C)C1NC(=O)C(CC)N(C2(C)CCC2)C1=O. The zero-order valence-electron chi connectivity index (χ0n) is 12.5. The van der Waals surface area contributed by atoms with E-state index < -0.39 is 0 Å². The van der Waals surface area contributed by atoms with Crippen LogP contribution in [0, 0.1) is 5.92 Å². The van der Waals surface area contributed by atoms with E-state index in [2.05, 4.69) is 19.2 Å². The molecule has 0 aromatic carbocycles. The van der Waals surface area contributed by atoms with Crippen LogP contribution in [-0.4, -0.2) is 34.3 Å². The fraction of sp³-hybridized carbons (Fsp3) is 0.867. The Morgan fingerprint density at radius 3 is 2.42 bits per heavy atom. The van der Waals surface area contributed by atoms with Crippen molar-refractivity contribution in [3.8, 4) is 0 Å². The highest BCUT2D eigenvalue weighted by Crippen LogP contribution is 2.40. The minimum Gasteiger partial charge on any atom is -0.342 e. The first-order valence-corrected chi connectivity index (χ1v) is 7.58. The smallest absolute Gasteiger partial charge is 0.246 e. The molecule has 108 valence electrons. The molecule has 1 heterocycles. The van der Waals surface area contributed by atoms with E-state index in [0.29, 0.717) is 6.42 Å². The highest BCUT2D eigenvalue weighted by Gasteiger charge is 2.51. The summed E-state index contributed by atoms with van der Waals surface area (Å²) in [5.74, 6) is 0.351. The normalized spacial score (nSPS) is 31.7. The van der Waals surface area contributed by atoms with Crippen molar-refractivity contribution in [3.05, 3.63) is 0 Å². The first-order chi connectivity index (χ1) is 8.94. The topological polar surface area (TPSA) is 49.4 Å². The maximum atomic E-state index is 12.8. The van der Waals surface area contributed by atoms with Gasteiger partial charge in [-0.25, -0.2) is 0 Å². The van der Waals surface area contributed by atoms with E-state index in [4.69, 9.17) is 0 Å². The molecule has 1 saturated carbocycles. The molecule has 1 saturated heterocycles. The van der Waals surface area contributed by atoms with Gasteiger partial charge in [-0.1, -0.05) is 27.2 Å². The lowest BCUT2D eigenvalue weighted by molar-refractivity contribution is -0.162. The van der Waals surface area contributed by atoms with Crippen LogP contribution in [0.4, 0.5) is 0 Å². The number of carbonyl (C=O) groups excluding carboxylic acids is 2. The third kappa shape index (κ3) is 2.26. The van der Waals surface area contributed by atoms with E-state index >= 15 is 0 Å². The first-order valence-electron chi connectivity index (χ1n) is 7.58. The van der Waals surface area contributed by atoms with Gasteiger partial charge in [0.05, 0.1) is 0 Å². The number of nitrogens with one attached hydrogen (secondary N) is 1. The van der Waals surface area contributed by atoms with Crippen LogP contribution >= 0.6 is 0 Å². The van der Waals surface area contributed by atoms with E-state index in [0.717, 1.165) is 25.7 Å². The molecule has 0 bridgehead atoms. The van der Waals surface area contributed by atoms with Crippen molar-refractivity contribution in [1.82, 2.24) is 10.2 Å². The van der Waals surface area contributed by atoms with Crippen LogP contribution in [0.2, 0.25) is 0 Å². The zero-order valence-corrected chi connectivity index (χ0v) is 12.5. The molecule has 0 radical (unpaired) electrons. The highest BCUT2D eigenvalue weighted by atomic mass is 16.2. The second-order valence-electron chi connectivity index (χ2n) is 6.35. The molecule has 0 aromatic heterocycles. The lowest BCUT2D eigenvalue weighted by Gasteiger charge is -2.54. The largest absolute Gasteiger partial charge is 0.342 e. The Kier molecular flexibility index (Phi) is 3.88. The van der Waals surface area contributed by atoms with Crippen molar-refractivity contribution in [1.29, 1.82) is 0 Å². The van der Waals surface area contributed by atoms with Crippen molar-refractivity contribution in [2.45, 2.75) is 77.4 Å². The van der Waals surface area contributed by atoms with Gasteiger partial charge in [-0.3, -0.25) is 9.59 Å². The van der Waals surface area contributed by atoms with Crippen LogP contribution in [-0.2, 0) is 9.59 Å². The molecule has 0 spiro atoms. The Hall–Kier alpha value is -1.06. The fourth-order valence-corrected chi connectivity index (χ4v) is 3.29.